The monoisotopic (exact) mass is 724 g/mol. The molecule has 0 saturated carbocycles. The molecule has 4 amide bonds. The molecule has 2 aliphatic rings. The Hall–Kier alpha value is -5.66. The van der Waals surface area contributed by atoms with Gasteiger partial charge in [0.05, 0.1) is 50.6 Å². The van der Waals surface area contributed by atoms with Crippen molar-refractivity contribution in [3.8, 4) is 33.6 Å². The van der Waals surface area contributed by atoms with Crippen LogP contribution in [0.25, 0.3) is 33.6 Å². The van der Waals surface area contributed by atoms with Crippen molar-refractivity contribution in [3.63, 3.8) is 0 Å². The van der Waals surface area contributed by atoms with Crippen LogP contribution in [0.2, 0.25) is 0 Å². The molecule has 0 radical (unpaired) electrons. The van der Waals surface area contributed by atoms with Gasteiger partial charge in [0.25, 0.3) is 0 Å². The molecule has 2 aromatic heterocycles. The van der Waals surface area contributed by atoms with E-state index in [4.69, 9.17) is 9.47 Å². The van der Waals surface area contributed by atoms with Crippen molar-refractivity contribution in [2.24, 2.45) is 5.92 Å². The SMILES string of the molecule is CCCN(Cc1ncc(-c2ccc(-c3ccc(-c4cnc([C@@H]5CC[C@@H]6CC[C@H](NC(=O)OC)C(=O)N65)[nH]4)cc3)cc2)[nH]1)C(=O)[C@@H](NC(=O)OC)C(C)C. The average Bonchev–Trinajstić information content (AvgIpc) is 3.95. The fourth-order valence-corrected chi connectivity index (χ4v) is 7.31. The van der Waals surface area contributed by atoms with Gasteiger partial charge in [0.1, 0.15) is 23.7 Å². The molecule has 4 aromatic rings. The van der Waals surface area contributed by atoms with Crippen LogP contribution in [0, 0.1) is 5.92 Å². The van der Waals surface area contributed by atoms with E-state index in [1.165, 1.54) is 14.2 Å². The van der Waals surface area contributed by atoms with Gasteiger partial charge in [0.15, 0.2) is 0 Å². The maximum absolute atomic E-state index is 13.4. The van der Waals surface area contributed by atoms with E-state index in [0.29, 0.717) is 18.8 Å². The first-order valence-corrected chi connectivity index (χ1v) is 18.2. The summed E-state index contributed by atoms with van der Waals surface area (Å²) in [4.78, 5) is 70.1. The van der Waals surface area contributed by atoms with Crippen molar-refractivity contribution >= 4 is 24.0 Å². The number of nitrogens with zero attached hydrogens (tertiary/aromatic N) is 4. The van der Waals surface area contributed by atoms with Crippen molar-refractivity contribution in [1.82, 2.24) is 40.4 Å². The van der Waals surface area contributed by atoms with E-state index in [1.54, 1.807) is 11.1 Å². The van der Waals surface area contributed by atoms with Gasteiger partial charge in [0, 0.05) is 12.6 Å². The van der Waals surface area contributed by atoms with Gasteiger partial charge in [-0.25, -0.2) is 19.6 Å². The number of hydrogen-bond acceptors (Lipinski definition) is 8. The van der Waals surface area contributed by atoms with Crippen LogP contribution in [0.5, 0.6) is 0 Å². The largest absolute Gasteiger partial charge is 0.453 e. The number of carbonyl (C=O) groups is 4. The van der Waals surface area contributed by atoms with Gasteiger partial charge >= 0.3 is 12.2 Å². The van der Waals surface area contributed by atoms with Gasteiger partial charge in [-0.1, -0.05) is 69.3 Å². The second-order valence-electron chi connectivity index (χ2n) is 14.0. The van der Waals surface area contributed by atoms with Crippen LogP contribution in [0.15, 0.2) is 60.9 Å². The Bertz CT molecular complexity index is 1900. The molecule has 6 rings (SSSR count). The Morgan fingerprint density at radius 3 is 2.04 bits per heavy atom. The van der Waals surface area contributed by atoms with E-state index in [1.807, 2.05) is 44.0 Å². The number of carbonyl (C=O) groups excluding carboxylic acids is 4. The molecule has 2 fully saturated rings. The van der Waals surface area contributed by atoms with Gasteiger partial charge in [-0.2, -0.15) is 0 Å². The second-order valence-corrected chi connectivity index (χ2v) is 14.0. The lowest BCUT2D eigenvalue weighted by Crippen LogP contribution is -2.54. The van der Waals surface area contributed by atoms with Crippen LogP contribution in [0.4, 0.5) is 9.59 Å². The first-order chi connectivity index (χ1) is 25.6. The summed E-state index contributed by atoms with van der Waals surface area (Å²) in [6.07, 6.45) is 6.25. The smallest absolute Gasteiger partial charge is 0.407 e. The first-order valence-electron chi connectivity index (χ1n) is 18.2. The number of amides is 4. The van der Waals surface area contributed by atoms with Gasteiger partial charge in [0.2, 0.25) is 11.8 Å². The molecular formula is C39H48N8O6. The van der Waals surface area contributed by atoms with Crippen molar-refractivity contribution in [3.05, 3.63) is 72.6 Å². The standard InChI is InChI=1S/C39H48N8O6/c1-6-19-46(37(49)34(23(2)3)45-39(51)53-5)22-33-40-20-30(42-33)26-11-7-24(8-12-26)25-9-13-27(14-10-25)31-21-41-35(43-31)32-18-16-28-15-17-29(36(48)47(28)32)44-38(50)52-4/h7-14,20-21,23,28-29,32,34H,6,15-19,22H2,1-5H3,(H,40,42)(H,41,43)(H,44,50)(H,45,51)/t28-,29-,32-,34-/m0/s1. The number of H-pyrrole nitrogens is 2. The fraction of sp³-hybridized carbons (Fsp3) is 0.436. The quantitative estimate of drug-likeness (QED) is 0.142. The maximum Gasteiger partial charge on any atom is 0.407 e. The zero-order chi connectivity index (χ0) is 37.6. The highest BCUT2D eigenvalue weighted by Gasteiger charge is 2.45. The number of ether oxygens (including phenoxy) is 2. The molecule has 280 valence electrons. The van der Waals surface area contributed by atoms with E-state index in [9.17, 15) is 19.2 Å². The lowest BCUT2D eigenvalue weighted by Gasteiger charge is -2.37. The molecule has 0 aliphatic carbocycles. The highest BCUT2D eigenvalue weighted by Crippen LogP contribution is 2.40. The topological polar surface area (TPSA) is 175 Å². The molecule has 2 aromatic carbocycles. The summed E-state index contributed by atoms with van der Waals surface area (Å²) in [6, 6.07) is 15.1. The minimum absolute atomic E-state index is 0.0906. The Kier molecular flexibility index (Phi) is 11.4. The molecule has 0 unspecified atom stereocenters. The number of rotatable bonds is 12. The normalized spacial score (nSPS) is 18.7. The Morgan fingerprint density at radius 2 is 1.43 bits per heavy atom. The van der Waals surface area contributed by atoms with Gasteiger partial charge in [-0.15, -0.1) is 0 Å². The predicted octanol–water partition coefficient (Wildman–Crippen LogP) is 5.80. The molecule has 2 saturated heterocycles. The average molecular weight is 725 g/mol. The zero-order valence-corrected chi connectivity index (χ0v) is 30.8. The predicted molar refractivity (Wildman–Crippen MR) is 198 cm³/mol. The molecule has 2 aliphatic heterocycles. The van der Waals surface area contributed by atoms with Gasteiger partial charge in [-0.05, 0) is 60.3 Å². The Balaban J connectivity index is 1.09. The summed E-state index contributed by atoms with van der Waals surface area (Å²) in [7, 11) is 2.58. The van der Waals surface area contributed by atoms with Gasteiger partial charge < -0.3 is 39.9 Å². The van der Waals surface area contributed by atoms with E-state index >= 15 is 0 Å². The third-order valence-electron chi connectivity index (χ3n) is 10.1. The molecule has 0 spiro atoms. The van der Waals surface area contributed by atoms with Crippen LogP contribution < -0.4 is 10.6 Å². The van der Waals surface area contributed by atoms with Crippen LogP contribution in [-0.2, 0) is 25.6 Å². The van der Waals surface area contributed by atoms with E-state index in [0.717, 1.165) is 65.1 Å². The third-order valence-corrected chi connectivity index (χ3v) is 10.1. The Morgan fingerprint density at radius 1 is 0.849 bits per heavy atom. The number of benzene rings is 2. The fourth-order valence-electron chi connectivity index (χ4n) is 7.31. The minimum atomic E-state index is -0.707. The van der Waals surface area contributed by atoms with Crippen molar-refractivity contribution in [1.29, 1.82) is 0 Å². The van der Waals surface area contributed by atoms with Crippen molar-refractivity contribution in [2.45, 2.75) is 83.6 Å². The van der Waals surface area contributed by atoms with E-state index < -0.39 is 24.3 Å². The lowest BCUT2D eigenvalue weighted by atomic mass is 9.98. The number of fused-ring (bicyclic) bond motifs is 1. The molecule has 4 N–H and O–H groups in total. The summed E-state index contributed by atoms with van der Waals surface area (Å²) < 4.78 is 9.45. The Labute approximate surface area is 309 Å². The summed E-state index contributed by atoms with van der Waals surface area (Å²) >= 11 is 0. The molecule has 53 heavy (non-hydrogen) atoms. The summed E-state index contributed by atoms with van der Waals surface area (Å²) in [5, 5.41) is 5.35. The molecular weight excluding hydrogens is 676 g/mol. The summed E-state index contributed by atoms with van der Waals surface area (Å²) in [6.45, 7) is 6.58. The number of piperidine rings is 1. The number of methoxy groups -OCH3 is 2. The number of aromatic amines is 2. The van der Waals surface area contributed by atoms with E-state index in [-0.39, 0.29) is 36.4 Å². The maximum atomic E-state index is 13.4. The number of aromatic nitrogens is 4. The lowest BCUT2D eigenvalue weighted by molar-refractivity contribution is -0.139. The molecule has 14 nitrogen and oxygen atoms in total. The van der Waals surface area contributed by atoms with Gasteiger partial charge in [-0.3, -0.25) is 9.59 Å². The highest BCUT2D eigenvalue weighted by molar-refractivity contribution is 5.87. The van der Waals surface area contributed by atoms with Crippen LogP contribution in [-0.4, -0.2) is 92.6 Å². The van der Waals surface area contributed by atoms with Crippen molar-refractivity contribution < 1.29 is 28.7 Å². The van der Waals surface area contributed by atoms with Crippen LogP contribution in [0.3, 0.4) is 0 Å². The third kappa shape index (κ3) is 8.21. The summed E-state index contributed by atoms with van der Waals surface area (Å²) in [5.41, 5.74) is 5.76. The van der Waals surface area contributed by atoms with Crippen LogP contribution in [0.1, 0.15) is 70.6 Å². The highest BCUT2D eigenvalue weighted by atomic mass is 16.5. The minimum Gasteiger partial charge on any atom is -0.453 e. The van der Waals surface area contributed by atoms with Crippen LogP contribution >= 0.6 is 0 Å². The zero-order valence-electron chi connectivity index (χ0n) is 30.8. The van der Waals surface area contributed by atoms with E-state index in [2.05, 4.69) is 67.0 Å². The molecule has 4 atom stereocenters. The second kappa shape index (κ2) is 16.3. The first kappa shape index (κ1) is 37.1. The number of alkyl carbamates (subject to hydrolysis) is 2. The number of nitrogens with one attached hydrogen (secondary N) is 4. The molecule has 0 bridgehead atoms. The summed E-state index contributed by atoms with van der Waals surface area (Å²) in [5.74, 6) is 1.01. The number of hydrogen-bond donors (Lipinski definition) is 4. The number of imidazole rings is 2. The molecule has 4 heterocycles. The van der Waals surface area contributed by atoms with Crippen molar-refractivity contribution in [2.75, 3.05) is 20.8 Å². The molecule has 14 heteroatoms.